The van der Waals surface area contributed by atoms with Crippen LogP contribution in [0.1, 0.15) is 11.1 Å². The van der Waals surface area contributed by atoms with Crippen molar-refractivity contribution in [2.45, 2.75) is 11.8 Å². The van der Waals surface area contributed by atoms with Crippen LogP contribution < -0.4 is 10.5 Å². The molecule has 0 unspecified atom stereocenters. The number of nitrogens with one attached hydrogen (secondary N) is 1. The highest BCUT2D eigenvalue weighted by atomic mass is 32.2. The molecular weight excluding hydrogens is 311 g/mol. The van der Waals surface area contributed by atoms with E-state index in [0.29, 0.717) is 11.3 Å². The maximum absolute atomic E-state index is 12.9. The van der Waals surface area contributed by atoms with E-state index in [0.717, 1.165) is 17.7 Å². The van der Waals surface area contributed by atoms with E-state index in [1.54, 1.807) is 25.1 Å². The summed E-state index contributed by atoms with van der Waals surface area (Å²) >= 11 is 4.87. The Morgan fingerprint density at radius 1 is 1.19 bits per heavy atom. The van der Waals surface area contributed by atoms with E-state index in [2.05, 4.69) is 4.72 Å². The Morgan fingerprint density at radius 3 is 2.38 bits per heavy atom. The molecular formula is C14H13FN2O2S2. The van der Waals surface area contributed by atoms with Crippen molar-refractivity contribution >= 4 is 32.9 Å². The summed E-state index contributed by atoms with van der Waals surface area (Å²) in [5.41, 5.74) is 7.20. The van der Waals surface area contributed by atoms with Crippen molar-refractivity contribution < 1.29 is 12.8 Å². The van der Waals surface area contributed by atoms with Crippen LogP contribution in [0.2, 0.25) is 0 Å². The number of hydrogen-bond acceptors (Lipinski definition) is 3. The molecule has 0 atom stereocenters. The second-order valence-corrected chi connectivity index (χ2v) is 6.58. The Bertz CT molecular complexity index is 787. The second-order valence-electron chi connectivity index (χ2n) is 4.45. The molecule has 0 aromatic heterocycles. The molecule has 2 aromatic rings. The smallest absolute Gasteiger partial charge is 0.261 e. The SMILES string of the molecule is Cc1ccc(C(N)=S)cc1NS(=O)(=O)c1ccc(F)cc1. The molecule has 2 rings (SSSR count). The molecule has 0 spiro atoms. The van der Waals surface area contributed by atoms with Gasteiger partial charge in [-0.05, 0) is 42.8 Å². The first kappa shape index (κ1) is 15.4. The summed E-state index contributed by atoms with van der Waals surface area (Å²) < 4.78 is 39.8. The van der Waals surface area contributed by atoms with Gasteiger partial charge in [0, 0.05) is 5.56 Å². The minimum absolute atomic E-state index is 0.0240. The maximum Gasteiger partial charge on any atom is 0.261 e. The molecule has 0 heterocycles. The first-order valence-corrected chi connectivity index (χ1v) is 7.87. The summed E-state index contributed by atoms with van der Waals surface area (Å²) in [6, 6.07) is 9.58. The average Bonchev–Trinajstić information content (AvgIpc) is 2.41. The van der Waals surface area contributed by atoms with Crippen molar-refractivity contribution in [1.82, 2.24) is 0 Å². The molecule has 0 saturated heterocycles. The monoisotopic (exact) mass is 324 g/mol. The van der Waals surface area contributed by atoms with E-state index < -0.39 is 15.8 Å². The molecule has 0 fully saturated rings. The molecule has 0 bridgehead atoms. The fourth-order valence-corrected chi connectivity index (χ4v) is 2.95. The number of hydrogen-bond donors (Lipinski definition) is 2. The Balaban J connectivity index is 2.38. The molecule has 4 nitrogen and oxygen atoms in total. The van der Waals surface area contributed by atoms with E-state index >= 15 is 0 Å². The van der Waals surface area contributed by atoms with E-state index in [-0.39, 0.29) is 9.88 Å². The summed E-state index contributed by atoms with van der Waals surface area (Å²) in [5.74, 6) is -0.499. The van der Waals surface area contributed by atoms with E-state index in [9.17, 15) is 12.8 Å². The van der Waals surface area contributed by atoms with Gasteiger partial charge in [-0.15, -0.1) is 0 Å². The lowest BCUT2D eigenvalue weighted by molar-refractivity contribution is 0.599. The number of nitrogens with two attached hydrogens (primary N) is 1. The Hall–Kier alpha value is -1.99. The lowest BCUT2D eigenvalue weighted by atomic mass is 10.1. The van der Waals surface area contributed by atoms with Gasteiger partial charge in [-0.25, -0.2) is 12.8 Å². The minimum atomic E-state index is -3.80. The van der Waals surface area contributed by atoms with Crippen LogP contribution in [0.15, 0.2) is 47.4 Å². The molecule has 0 saturated carbocycles. The van der Waals surface area contributed by atoms with Crippen LogP contribution in [0.5, 0.6) is 0 Å². The first-order chi connectivity index (χ1) is 9.79. The van der Waals surface area contributed by atoms with Gasteiger partial charge in [0.25, 0.3) is 10.0 Å². The van der Waals surface area contributed by atoms with Crippen molar-refractivity contribution in [3.05, 3.63) is 59.4 Å². The molecule has 3 N–H and O–H groups in total. The van der Waals surface area contributed by atoms with Crippen LogP contribution >= 0.6 is 12.2 Å². The van der Waals surface area contributed by atoms with Gasteiger partial charge in [-0.2, -0.15) is 0 Å². The second kappa shape index (κ2) is 5.79. The molecule has 2 aromatic carbocycles. The quantitative estimate of drug-likeness (QED) is 0.848. The first-order valence-electron chi connectivity index (χ1n) is 5.98. The number of sulfonamides is 1. The van der Waals surface area contributed by atoms with Crippen LogP contribution in [0.25, 0.3) is 0 Å². The highest BCUT2D eigenvalue weighted by Gasteiger charge is 2.15. The molecule has 21 heavy (non-hydrogen) atoms. The van der Waals surface area contributed by atoms with Gasteiger partial charge >= 0.3 is 0 Å². The molecule has 7 heteroatoms. The molecule has 0 aliphatic carbocycles. The third-order valence-corrected chi connectivity index (χ3v) is 4.51. The third kappa shape index (κ3) is 3.56. The lowest BCUT2D eigenvalue weighted by Crippen LogP contribution is -2.15. The van der Waals surface area contributed by atoms with E-state index in [1.165, 1.54) is 12.1 Å². The minimum Gasteiger partial charge on any atom is -0.389 e. The van der Waals surface area contributed by atoms with Crippen molar-refractivity contribution in [2.24, 2.45) is 5.73 Å². The molecule has 0 amide bonds. The van der Waals surface area contributed by atoms with Crippen LogP contribution in [0.4, 0.5) is 10.1 Å². The van der Waals surface area contributed by atoms with Crippen LogP contribution in [0, 0.1) is 12.7 Å². The van der Waals surface area contributed by atoms with E-state index in [4.69, 9.17) is 18.0 Å². The normalized spacial score (nSPS) is 11.1. The topological polar surface area (TPSA) is 72.2 Å². The largest absolute Gasteiger partial charge is 0.389 e. The Kier molecular flexibility index (Phi) is 4.24. The molecule has 110 valence electrons. The number of benzene rings is 2. The predicted molar refractivity (Wildman–Crippen MR) is 84.3 cm³/mol. The van der Waals surface area contributed by atoms with Gasteiger partial charge in [0.05, 0.1) is 10.6 Å². The number of thiocarbonyl (C=S) groups is 1. The number of rotatable bonds is 4. The van der Waals surface area contributed by atoms with Gasteiger partial charge in [0.15, 0.2) is 0 Å². The zero-order valence-corrected chi connectivity index (χ0v) is 12.8. The van der Waals surface area contributed by atoms with Gasteiger partial charge in [0.1, 0.15) is 10.8 Å². The number of halogens is 1. The van der Waals surface area contributed by atoms with Crippen molar-refractivity contribution in [3.63, 3.8) is 0 Å². The highest BCUT2D eigenvalue weighted by Crippen LogP contribution is 2.21. The zero-order chi connectivity index (χ0) is 15.6. The highest BCUT2D eigenvalue weighted by molar-refractivity contribution is 7.92. The fraction of sp³-hybridized carbons (Fsp3) is 0.0714. The predicted octanol–water partition coefficient (Wildman–Crippen LogP) is 2.57. The average molecular weight is 324 g/mol. The van der Waals surface area contributed by atoms with Gasteiger partial charge in [-0.3, -0.25) is 4.72 Å². The van der Waals surface area contributed by atoms with Crippen molar-refractivity contribution in [2.75, 3.05) is 4.72 Å². The number of aryl methyl sites for hydroxylation is 1. The molecule has 0 aliphatic rings. The number of anilines is 1. The summed E-state index contributed by atoms with van der Waals surface area (Å²) in [6.45, 7) is 1.76. The van der Waals surface area contributed by atoms with E-state index in [1.807, 2.05) is 0 Å². The molecule has 0 radical (unpaired) electrons. The fourth-order valence-electron chi connectivity index (χ4n) is 1.70. The molecule has 0 aliphatic heterocycles. The summed E-state index contributed by atoms with van der Waals surface area (Å²) in [6.07, 6.45) is 0. The summed E-state index contributed by atoms with van der Waals surface area (Å²) in [5, 5.41) is 0. The lowest BCUT2D eigenvalue weighted by Gasteiger charge is -2.12. The summed E-state index contributed by atoms with van der Waals surface area (Å²) in [4.78, 5) is 0.154. The maximum atomic E-state index is 12.9. The Labute approximate surface area is 127 Å². The van der Waals surface area contributed by atoms with Crippen molar-refractivity contribution in [3.8, 4) is 0 Å². The van der Waals surface area contributed by atoms with Crippen LogP contribution in [-0.4, -0.2) is 13.4 Å². The van der Waals surface area contributed by atoms with Gasteiger partial charge in [0.2, 0.25) is 0 Å². The van der Waals surface area contributed by atoms with Gasteiger partial charge in [-0.1, -0.05) is 24.4 Å². The standard InChI is InChI=1S/C14H13FN2O2S2/c1-9-2-3-10(14(16)20)8-13(9)17-21(18,19)12-6-4-11(15)5-7-12/h2-8,17H,1H3,(H2,16,20). The zero-order valence-electron chi connectivity index (χ0n) is 11.1. The van der Waals surface area contributed by atoms with Crippen LogP contribution in [0.3, 0.4) is 0 Å². The van der Waals surface area contributed by atoms with Crippen molar-refractivity contribution in [1.29, 1.82) is 0 Å². The Morgan fingerprint density at radius 2 is 1.81 bits per heavy atom. The third-order valence-electron chi connectivity index (χ3n) is 2.89. The van der Waals surface area contributed by atoms with Gasteiger partial charge < -0.3 is 5.73 Å². The van der Waals surface area contributed by atoms with Crippen LogP contribution in [-0.2, 0) is 10.0 Å². The summed E-state index contributed by atoms with van der Waals surface area (Å²) in [7, 11) is -3.80.